The lowest BCUT2D eigenvalue weighted by Gasteiger charge is -2.40. The zero-order valence-electron chi connectivity index (χ0n) is 12.0. The monoisotopic (exact) mass is 259 g/mol. The van der Waals surface area contributed by atoms with Crippen molar-refractivity contribution < 1.29 is 5.11 Å². The largest absolute Gasteiger partial charge is 0.388 e. The van der Waals surface area contributed by atoms with Crippen molar-refractivity contribution in [1.29, 1.82) is 0 Å². The van der Waals surface area contributed by atoms with Crippen molar-refractivity contribution >= 4 is 11.8 Å². The number of thioether (sulfide) groups is 1. The second-order valence-electron chi connectivity index (χ2n) is 6.92. The molecule has 0 aliphatic heterocycles. The van der Waals surface area contributed by atoms with Crippen molar-refractivity contribution in [2.75, 3.05) is 18.6 Å². The number of hydrogen-bond donors (Lipinski definition) is 2. The molecule has 0 bridgehead atoms. The van der Waals surface area contributed by atoms with Crippen LogP contribution in [0.2, 0.25) is 0 Å². The van der Waals surface area contributed by atoms with Crippen molar-refractivity contribution in [1.82, 2.24) is 5.32 Å². The molecule has 1 fully saturated rings. The molecule has 0 saturated heterocycles. The zero-order chi connectivity index (χ0) is 13.1. The Balaban J connectivity index is 2.41. The minimum absolute atomic E-state index is 0.445. The van der Waals surface area contributed by atoms with Crippen molar-refractivity contribution in [3.8, 4) is 0 Å². The van der Waals surface area contributed by atoms with Crippen LogP contribution >= 0.6 is 11.8 Å². The lowest BCUT2D eigenvalue weighted by Crippen LogP contribution is -2.47. The second kappa shape index (κ2) is 5.94. The molecule has 2 nitrogen and oxygen atoms in total. The molecule has 0 radical (unpaired) electrons. The average molecular weight is 259 g/mol. The van der Waals surface area contributed by atoms with Gasteiger partial charge < -0.3 is 10.4 Å². The first kappa shape index (κ1) is 15.3. The number of hydrogen-bond acceptors (Lipinski definition) is 3. The van der Waals surface area contributed by atoms with Crippen LogP contribution in [0.5, 0.6) is 0 Å². The summed E-state index contributed by atoms with van der Waals surface area (Å²) >= 11 is 1.71. The Morgan fingerprint density at radius 3 is 2.59 bits per heavy atom. The van der Waals surface area contributed by atoms with Crippen LogP contribution in [0.4, 0.5) is 0 Å². The number of aliphatic hydroxyl groups is 1. The van der Waals surface area contributed by atoms with Crippen molar-refractivity contribution in [2.45, 2.75) is 58.6 Å². The topological polar surface area (TPSA) is 32.3 Å². The highest BCUT2D eigenvalue weighted by atomic mass is 32.2. The minimum atomic E-state index is -0.579. The van der Waals surface area contributed by atoms with E-state index in [1.54, 1.807) is 11.8 Å². The highest BCUT2D eigenvalue weighted by molar-refractivity contribution is 7.98. The average Bonchev–Trinajstić information content (AvgIpc) is 2.11. The van der Waals surface area contributed by atoms with Gasteiger partial charge in [-0.05, 0) is 43.8 Å². The highest BCUT2D eigenvalue weighted by Gasteiger charge is 2.32. The fourth-order valence-electron chi connectivity index (χ4n) is 3.23. The van der Waals surface area contributed by atoms with Gasteiger partial charge in [0, 0.05) is 18.3 Å². The first-order valence-corrected chi connectivity index (χ1v) is 8.08. The maximum absolute atomic E-state index is 10.2. The predicted molar refractivity (Wildman–Crippen MR) is 77.6 cm³/mol. The van der Waals surface area contributed by atoms with Gasteiger partial charge in [0.15, 0.2) is 0 Å². The molecule has 0 heterocycles. The van der Waals surface area contributed by atoms with Gasteiger partial charge >= 0.3 is 0 Å². The molecule has 0 amide bonds. The van der Waals surface area contributed by atoms with Crippen LogP contribution in [0.25, 0.3) is 0 Å². The summed E-state index contributed by atoms with van der Waals surface area (Å²) in [6.45, 7) is 9.69. The van der Waals surface area contributed by atoms with Gasteiger partial charge in [-0.1, -0.05) is 20.8 Å². The smallest absolute Gasteiger partial charge is 0.0833 e. The molecule has 17 heavy (non-hydrogen) atoms. The molecule has 0 aromatic rings. The molecule has 2 N–H and O–H groups in total. The highest BCUT2D eigenvalue weighted by Crippen LogP contribution is 2.38. The number of nitrogens with one attached hydrogen (secondary N) is 1. The standard InChI is InChI=1S/C14H29NOS/c1-11-6-12(8-13(2,3)7-11)15-9-14(4,16)10-17-5/h11-12,15-16H,6-10H2,1-5H3. The van der Waals surface area contributed by atoms with E-state index in [0.717, 1.165) is 11.7 Å². The van der Waals surface area contributed by atoms with Crippen LogP contribution < -0.4 is 5.32 Å². The lowest BCUT2D eigenvalue weighted by atomic mass is 9.70. The van der Waals surface area contributed by atoms with Gasteiger partial charge in [-0.2, -0.15) is 11.8 Å². The fourth-order valence-corrected chi connectivity index (χ4v) is 3.95. The Bertz CT molecular complexity index is 240. The molecule has 0 aromatic carbocycles. The summed E-state index contributed by atoms with van der Waals surface area (Å²) in [5, 5.41) is 13.7. The Hall–Kier alpha value is 0.270. The molecule has 1 rings (SSSR count). The molecule has 1 saturated carbocycles. The normalized spacial score (nSPS) is 32.1. The fraction of sp³-hybridized carbons (Fsp3) is 1.00. The molecular weight excluding hydrogens is 230 g/mol. The molecule has 0 spiro atoms. The van der Waals surface area contributed by atoms with E-state index in [1.807, 2.05) is 13.2 Å². The second-order valence-corrected chi connectivity index (χ2v) is 7.79. The predicted octanol–water partition coefficient (Wildman–Crippen LogP) is 2.90. The van der Waals surface area contributed by atoms with Gasteiger partial charge in [0.25, 0.3) is 0 Å². The van der Waals surface area contributed by atoms with E-state index in [2.05, 4.69) is 26.1 Å². The summed E-state index contributed by atoms with van der Waals surface area (Å²) in [6, 6.07) is 0.571. The summed E-state index contributed by atoms with van der Waals surface area (Å²) in [6.07, 6.45) is 5.85. The van der Waals surface area contributed by atoms with Crippen LogP contribution in [0.1, 0.15) is 47.0 Å². The van der Waals surface area contributed by atoms with E-state index in [4.69, 9.17) is 0 Å². The molecule has 3 unspecified atom stereocenters. The van der Waals surface area contributed by atoms with Crippen LogP contribution in [-0.2, 0) is 0 Å². The van der Waals surface area contributed by atoms with Gasteiger partial charge in [0.1, 0.15) is 0 Å². The van der Waals surface area contributed by atoms with Crippen LogP contribution in [0.15, 0.2) is 0 Å². The maximum atomic E-state index is 10.2. The third-order valence-corrected chi connectivity index (χ3v) is 4.52. The summed E-state index contributed by atoms with van der Waals surface area (Å²) in [5.41, 5.74) is -0.134. The van der Waals surface area contributed by atoms with Crippen molar-refractivity contribution in [2.24, 2.45) is 11.3 Å². The van der Waals surface area contributed by atoms with Gasteiger partial charge in [0.2, 0.25) is 0 Å². The number of rotatable bonds is 5. The third kappa shape index (κ3) is 5.62. The van der Waals surface area contributed by atoms with E-state index in [9.17, 15) is 5.11 Å². The van der Waals surface area contributed by atoms with E-state index in [0.29, 0.717) is 18.0 Å². The van der Waals surface area contributed by atoms with Crippen LogP contribution in [0.3, 0.4) is 0 Å². The van der Waals surface area contributed by atoms with Crippen molar-refractivity contribution in [3.05, 3.63) is 0 Å². The lowest BCUT2D eigenvalue weighted by molar-refractivity contribution is 0.0697. The summed E-state index contributed by atoms with van der Waals surface area (Å²) in [5.74, 6) is 1.59. The molecule has 3 atom stereocenters. The Morgan fingerprint density at radius 2 is 2.06 bits per heavy atom. The molecule has 3 heteroatoms. The first-order chi connectivity index (χ1) is 7.74. The summed E-state index contributed by atoms with van der Waals surface area (Å²) in [4.78, 5) is 0. The van der Waals surface area contributed by atoms with Gasteiger partial charge in [-0.15, -0.1) is 0 Å². The molecule has 1 aliphatic rings. The maximum Gasteiger partial charge on any atom is 0.0833 e. The molecule has 1 aliphatic carbocycles. The zero-order valence-corrected chi connectivity index (χ0v) is 12.9. The molecule has 0 aromatic heterocycles. The molecule has 102 valence electrons. The minimum Gasteiger partial charge on any atom is -0.388 e. The Morgan fingerprint density at radius 1 is 1.41 bits per heavy atom. The molecular formula is C14H29NOS. The van der Waals surface area contributed by atoms with Gasteiger partial charge in [-0.25, -0.2) is 0 Å². The van der Waals surface area contributed by atoms with Gasteiger partial charge in [-0.3, -0.25) is 0 Å². The van der Waals surface area contributed by atoms with E-state index in [1.165, 1.54) is 19.3 Å². The quantitative estimate of drug-likeness (QED) is 0.796. The van der Waals surface area contributed by atoms with E-state index >= 15 is 0 Å². The van der Waals surface area contributed by atoms with Crippen LogP contribution in [0, 0.1) is 11.3 Å². The Kier molecular flexibility index (Phi) is 5.36. The van der Waals surface area contributed by atoms with Crippen LogP contribution in [-0.4, -0.2) is 35.3 Å². The summed E-state index contributed by atoms with van der Waals surface area (Å²) in [7, 11) is 0. The first-order valence-electron chi connectivity index (χ1n) is 6.69. The SMILES string of the molecule is CSCC(C)(O)CNC1CC(C)CC(C)(C)C1. The van der Waals surface area contributed by atoms with Crippen molar-refractivity contribution in [3.63, 3.8) is 0 Å². The van der Waals surface area contributed by atoms with Gasteiger partial charge in [0.05, 0.1) is 5.60 Å². The van der Waals surface area contributed by atoms with E-state index in [-0.39, 0.29) is 0 Å². The van der Waals surface area contributed by atoms with E-state index < -0.39 is 5.60 Å². The summed E-state index contributed by atoms with van der Waals surface area (Å²) < 4.78 is 0. The Labute approximate surface area is 111 Å². The third-order valence-electron chi connectivity index (χ3n) is 3.61.